The number of piperidine rings is 1. The summed E-state index contributed by atoms with van der Waals surface area (Å²) in [7, 11) is 0. The van der Waals surface area contributed by atoms with Crippen molar-refractivity contribution in [3.8, 4) is 0 Å². The van der Waals surface area contributed by atoms with Crippen LogP contribution in [0.3, 0.4) is 0 Å². The Kier molecular flexibility index (Phi) is 4.85. The summed E-state index contributed by atoms with van der Waals surface area (Å²) in [4.78, 5) is 22.1. The van der Waals surface area contributed by atoms with Crippen molar-refractivity contribution < 1.29 is 4.79 Å². The molecule has 0 bridgehead atoms. The van der Waals surface area contributed by atoms with E-state index in [1.165, 1.54) is 25.7 Å². The van der Waals surface area contributed by atoms with Crippen LogP contribution in [0.15, 0.2) is 18.7 Å². The van der Waals surface area contributed by atoms with Crippen LogP contribution in [0.5, 0.6) is 0 Å². The lowest BCUT2D eigenvalue weighted by molar-refractivity contribution is 0.0922. The Bertz CT molecular complexity index is 407. The van der Waals surface area contributed by atoms with Gasteiger partial charge in [0.15, 0.2) is 0 Å². The van der Waals surface area contributed by atoms with E-state index >= 15 is 0 Å². The molecule has 0 radical (unpaired) electrons. The summed E-state index contributed by atoms with van der Waals surface area (Å²) >= 11 is 0. The fourth-order valence-corrected chi connectivity index (χ4v) is 2.49. The number of nitrogens with zero attached hydrogens (tertiary/aromatic N) is 3. The zero-order valence-electron chi connectivity index (χ0n) is 11.7. The fraction of sp³-hybridized carbons (Fsp3) is 0.643. The lowest BCUT2D eigenvalue weighted by Crippen LogP contribution is -2.43. The van der Waals surface area contributed by atoms with Gasteiger partial charge in [-0.25, -0.2) is 9.97 Å². The second kappa shape index (κ2) is 6.61. The van der Waals surface area contributed by atoms with Crippen molar-refractivity contribution in [1.82, 2.24) is 20.2 Å². The quantitative estimate of drug-likeness (QED) is 0.889. The summed E-state index contributed by atoms with van der Waals surface area (Å²) in [6.07, 6.45) is 6.92. The second-order valence-electron chi connectivity index (χ2n) is 5.43. The molecule has 0 aliphatic carbocycles. The van der Waals surface area contributed by atoms with Gasteiger partial charge in [-0.15, -0.1) is 0 Å². The molecule has 2 rings (SSSR count). The van der Waals surface area contributed by atoms with E-state index in [1.807, 2.05) is 0 Å². The summed E-state index contributed by atoms with van der Waals surface area (Å²) in [5, 5.41) is 2.98. The van der Waals surface area contributed by atoms with E-state index in [9.17, 15) is 4.79 Å². The number of amides is 1. The van der Waals surface area contributed by atoms with E-state index in [0.717, 1.165) is 13.1 Å². The number of aromatic nitrogens is 2. The highest BCUT2D eigenvalue weighted by Crippen LogP contribution is 2.17. The van der Waals surface area contributed by atoms with Gasteiger partial charge in [0.2, 0.25) is 0 Å². The molecule has 0 aromatic carbocycles. The summed E-state index contributed by atoms with van der Waals surface area (Å²) in [5.74, 6) is 0.465. The average Bonchev–Trinajstić information content (AvgIpc) is 2.46. The van der Waals surface area contributed by atoms with Crippen molar-refractivity contribution in [3.05, 3.63) is 24.3 Å². The van der Waals surface area contributed by atoms with Crippen molar-refractivity contribution in [1.29, 1.82) is 0 Å². The Hall–Kier alpha value is -1.49. The summed E-state index contributed by atoms with van der Waals surface area (Å²) in [5.41, 5.74) is 0.527. The molecule has 0 unspecified atom stereocenters. The minimum atomic E-state index is -0.0812. The van der Waals surface area contributed by atoms with Gasteiger partial charge in [-0.2, -0.15) is 0 Å². The second-order valence-corrected chi connectivity index (χ2v) is 5.43. The highest BCUT2D eigenvalue weighted by Gasteiger charge is 2.22. The number of carbonyl (C=O) groups excluding carboxylic acids is 1. The molecule has 5 nitrogen and oxygen atoms in total. The van der Waals surface area contributed by atoms with Crippen LogP contribution >= 0.6 is 0 Å². The highest BCUT2D eigenvalue weighted by atomic mass is 16.1. The summed E-state index contributed by atoms with van der Waals surface area (Å²) in [6.45, 7) is 7.43. The van der Waals surface area contributed by atoms with Gasteiger partial charge in [-0.05, 0) is 39.2 Å². The topological polar surface area (TPSA) is 58.1 Å². The van der Waals surface area contributed by atoms with Crippen molar-refractivity contribution in [2.45, 2.75) is 32.7 Å². The molecule has 1 amide bonds. The summed E-state index contributed by atoms with van der Waals surface area (Å²) < 4.78 is 0. The first-order chi connectivity index (χ1) is 9.16. The van der Waals surface area contributed by atoms with Crippen LogP contribution in [-0.4, -0.2) is 46.5 Å². The normalized spacial score (nSPS) is 20.5. The number of rotatable bonds is 4. The zero-order valence-corrected chi connectivity index (χ0v) is 11.7. The van der Waals surface area contributed by atoms with Crippen LogP contribution in [0.25, 0.3) is 0 Å². The van der Waals surface area contributed by atoms with Crippen molar-refractivity contribution in [2.75, 3.05) is 19.6 Å². The van der Waals surface area contributed by atoms with Crippen LogP contribution in [0, 0.1) is 5.92 Å². The van der Waals surface area contributed by atoms with E-state index in [1.54, 1.807) is 12.4 Å². The molecule has 1 aliphatic rings. The van der Waals surface area contributed by atoms with Gasteiger partial charge in [0.1, 0.15) is 6.33 Å². The molecular weight excluding hydrogens is 240 g/mol. The first-order valence-electron chi connectivity index (χ1n) is 6.94. The predicted octanol–water partition coefficient (Wildman–Crippen LogP) is 1.33. The van der Waals surface area contributed by atoms with Crippen LogP contribution in [0.4, 0.5) is 0 Å². The summed E-state index contributed by atoms with van der Waals surface area (Å²) in [6, 6.07) is 0.584. The molecule has 1 N–H and O–H groups in total. The third-order valence-corrected chi connectivity index (χ3v) is 3.65. The Balaban J connectivity index is 1.80. The predicted molar refractivity (Wildman–Crippen MR) is 73.8 cm³/mol. The highest BCUT2D eigenvalue weighted by molar-refractivity contribution is 5.93. The molecular formula is C14H22N4O. The van der Waals surface area contributed by atoms with Crippen LogP contribution < -0.4 is 5.32 Å². The average molecular weight is 262 g/mol. The van der Waals surface area contributed by atoms with Crippen molar-refractivity contribution in [3.63, 3.8) is 0 Å². The van der Waals surface area contributed by atoms with E-state index in [-0.39, 0.29) is 5.91 Å². The molecule has 1 aliphatic heterocycles. The van der Waals surface area contributed by atoms with Gasteiger partial charge in [0, 0.05) is 31.5 Å². The van der Waals surface area contributed by atoms with Crippen LogP contribution in [-0.2, 0) is 0 Å². The Morgan fingerprint density at radius 2 is 2.21 bits per heavy atom. The molecule has 2 heterocycles. The van der Waals surface area contributed by atoms with E-state index in [0.29, 0.717) is 17.5 Å². The van der Waals surface area contributed by atoms with Crippen molar-refractivity contribution in [2.24, 2.45) is 5.92 Å². The molecule has 5 heteroatoms. The molecule has 104 valence electrons. The zero-order chi connectivity index (χ0) is 13.7. The lowest BCUT2D eigenvalue weighted by Gasteiger charge is -2.35. The maximum atomic E-state index is 11.9. The largest absolute Gasteiger partial charge is 0.352 e. The Morgan fingerprint density at radius 1 is 1.47 bits per heavy atom. The minimum absolute atomic E-state index is 0.0812. The molecule has 19 heavy (non-hydrogen) atoms. The van der Waals surface area contributed by atoms with Crippen molar-refractivity contribution >= 4 is 5.91 Å². The van der Waals surface area contributed by atoms with Gasteiger partial charge in [0.25, 0.3) is 5.91 Å². The molecule has 1 saturated heterocycles. The number of likely N-dealkylation sites (tertiary alicyclic amines) is 1. The Labute approximate surface area is 114 Å². The third kappa shape index (κ3) is 3.99. The monoisotopic (exact) mass is 262 g/mol. The fourth-order valence-electron chi connectivity index (χ4n) is 2.49. The molecule has 0 saturated carbocycles. The SMILES string of the molecule is CC(C)N1CCC[C@H](CNC(=O)c2cncnc2)C1. The molecule has 1 aromatic heterocycles. The van der Waals surface area contributed by atoms with Gasteiger partial charge in [-0.3, -0.25) is 4.79 Å². The van der Waals surface area contributed by atoms with Crippen LogP contribution in [0.1, 0.15) is 37.0 Å². The first kappa shape index (κ1) is 13.9. The smallest absolute Gasteiger partial charge is 0.254 e. The van der Waals surface area contributed by atoms with Crippen LogP contribution in [0.2, 0.25) is 0 Å². The van der Waals surface area contributed by atoms with Gasteiger partial charge in [-0.1, -0.05) is 0 Å². The molecule has 1 atom stereocenters. The van der Waals surface area contributed by atoms with Gasteiger partial charge >= 0.3 is 0 Å². The number of hydrogen-bond acceptors (Lipinski definition) is 4. The number of nitrogens with one attached hydrogen (secondary N) is 1. The maximum absolute atomic E-state index is 11.9. The van der Waals surface area contributed by atoms with E-state index < -0.39 is 0 Å². The lowest BCUT2D eigenvalue weighted by atomic mass is 9.97. The Morgan fingerprint density at radius 3 is 2.89 bits per heavy atom. The van der Waals surface area contributed by atoms with Gasteiger partial charge in [0.05, 0.1) is 5.56 Å². The maximum Gasteiger partial charge on any atom is 0.254 e. The molecule has 0 spiro atoms. The standard InChI is InChI=1S/C14H22N4O/c1-11(2)18-5-3-4-12(9-18)6-17-14(19)13-7-15-10-16-8-13/h7-8,10-12H,3-6,9H2,1-2H3,(H,17,19)/t12-/m1/s1. The third-order valence-electron chi connectivity index (χ3n) is 3.65. The molecule has 1 fully saturated rings. The first-order valence-corrected chi connectivity index (χ1v) is 6.94. The minimum Gasteiger partial charge on any atom is -0.352 e. The number of hydrogen-bond donors (Lipinski definition) is 1. The molecule has 1 aromatic rings. The number of carbonyl (C=O) groups is 1. The van der Waals surface area contributed by atoms with E-state index in [2.05, 4.69) is 34.0 Å². The van der Waals surface area contributed by atoms with Gasteiger partial charge < -0.3 is 10.2 Å². The van der Waals surface area contributed by atoms with E-state index in [4.69, 9.17) is 0 Å².